The van der Waals surface area contributed by atoms with Gasteiger partial charge in [0.1, 0.15) is 16.4 Å². The van der Waals surface area contributed by atoms with Crippen LogP contribution in [0.1, 0.15) is 37.5 Å². The van der Waals surface area contributed by atoms with Gasteiger partial charge in [0.05, 0.1) is 6.26 Å². The first-order chi connectivity index (χ1) is 15.9. The van der Waals surface area contributed by atoms with Gasteiger partial charge in [-0.15, -0.1) is 11.3 Å². The van der Waals surface area contributed by atoms with Gasteiger partial charge in [0, 0.05) is 15.6 Å². The van der Waals surface area contributed by atoms with Crippen LogP contribution in [0.3, 0.4) is 0 Å². The van der Waals surface area contributed by atoms with Gasteiger partial charge in [-0.3, -0.25) is 9.59 Å². The molecular weight excluding hydrogens is 436 g/mol. The maximum absolute atomic E-state index is 13.5. The van der Waals surface area contributed by atoms with Crippen LogP contribution in [0, 0.1) is 20.8 Å². The van der Waals surface area contributed by atoms with Crippen LogP contribution in [0.4, 0.5) is 0 Å². The SMILES string of the molecule is Cc1ccc(C(=O)c2sc3cc(O)ccc3c2Oc2ccc(/C=C/OC=O)c(C)c2)c(C)c1. The van der Waals surface area contributed by atoms with Gasteiger partial charge in [0.2, 0.25) is 5.78 Å². The number of thiophene rings is 1. The molecule has 6 heteroatoms. The van der Waals surface area contributed by atoms with Crippen molar-refractivity contribution in [2.75, 3.05) is 0 Å². The number of carbonyl (C=O) groups excluding carboxylic acids is 2. The molecule has 0 spiro atoms. The van der Waals surface area contributed by atoms with E-state index in [0.717, 1.165) is 32.3 Å². The molecule has 0 saturated carbocycles. The standard InChI is InChI=1S/C27H22O5S/c1-16-4-8-22(18(3)12-16)25(30)27-26(23-9-6-20(29)14-24(23)33-27)32-21-7-5-19(17(2)13-21)10-11-31-15-28/h4-15,29H,1-3H3/b11-10+. The van der Waals surface area contributed by atoms with Crippen LogP contribution < -0.4 is 4.74 Å². The highest BCUT2D eigenvalue weighted by Crippen LogP contribution is 2.43. The zero-order valence-corrected chi connectivity index (χ0v) is 19.2. The topological polar surface area (TPSA) is 72.8 Å². The predicted molar refractivity (Wildman–Crippen MR) is 130 cm³/mol. The third-order valence-electron chi connectivity index (χ3n) is 5.30. The van der Waals surface area contributed by atoms with Crippen molar-refractivity contribution in [2.24, 2.45) is 0 Å². The Balaban J connectivity index is 1.77. The number of phenolic OH excluding ortho intramolecular Hbond substituents is 1. The second-order valence-electron chi connectivity index (χ2n) is 7.74. The number of hydrogen-bond donors (Lipinski definition) is 1. The molecule has 0 fully saturated rings. The van der Waals surface area contributed by atoms with Gasteiger partial charge in [-0.25, -0.2) is 0 Å². The van der Waals surface area contributed by atoms with Crippen molar-refractivity contribution in [3.63, 3.8) is 0 Å². The third kappa shape index (κ3) is 4.66. The van der Waals surface area contributed by atoms with Crippen LogP contribution >= 0.6 is 11.3 Å². The van der Waals surface area contributed by atoms with Gasteiger partial charge in [-0.2, -0.15) is 0 Å². The molecule has 0 amide bonds. The average molecular weight is 459 g/mol. The molecule has 1 N–H and O–H groups in total. The molecule has 0 unspecified atom stereocenters. The molecule has 0 aliphatic heterocycles. The molecule has 166 valence electrons. The lowest BCUT2D eigenvalue weighted by atomic mass is 10.0. The van der Waals surface area contributed by atoms with Gasteiger partial charge < -0.3 is 14.6 Å². The number of phenols is 1. The first-order valence-corrected chi connectivity index (χ1v) is 11.1. The molecule has 5 nitrogen and oxygen atoms in total. The zero-order valence-electron chi connectivity index (χ0n) is 18.4. The van der Waals surface area contributed by atoms with E-state index in [1.165, 1.54) is 17.6 Å². The first kappa shape index (κ1) is 22.3. The van der Waals surface area contributed by atoms with Crippen molar-refractivity contribution in [1.82, 2.24) is 0 Å². The first-order valence-electron chi connectivity index (χ1n) is 10.3. The molecular formula is C27H22O5S. The average Bonchev–Trinajstić information content (AvgIpc) is 3.12. The Morgan fingerprint density at radius 3 is 2.52 bits per heavy atom. The lowest BCUT2D eigenvalue weighted by Gasteiger charge is -2.11. The zero-order chi connectivity index (χ0) is 23.5. The fraction of sp³-hybridized carbons (Fsp3) is 0.111. The minimum Gasteiger partial charge on any atom is -0.508 e. The maximum Gasteiger partial charge on any atom is 0.297 e. The summed E-state index contributed by atoms with van der Waals surface area (Å²) in [5.74, 6) is 1.05. The highest BCUT2D eigenvalue weighted by Gasteiger charge is 2.23. The Kier molecular flexibility index (Phi) is 6.29. The minimum atomic E-state index is -0.120. The summed E-state index contributed by atoms with van der Waals surface area (Å²) in [5.41, 5.74) is 4.39. The molecule has 3 aromatic carbocycles. The van der Waals surface area contributed by atoms with Crippen molar-refractivity contribution in [3.8, 4) is 17.2 Å². The van der Waals surface area contributed by atoms with Crippen LogP contribution in [0.2, 0.25) is 0 Å². The van der Waals surface area contributed by atoms with Crippen molar-refractivity contribution in [2.45, 2.75) is 20.8 Å². The van der Waals surface area contributed by atoms with E-state index in [-0.39, 0.29) is 11.5 Å². The summed E-state index contributed by atoms with van der Waals surface area (Å²) < 4.78 is 11.6. The fourth-order valence-corrected chi connectivity index (χ4v) is 4.78. The van der Waals surface area contributed by atoms with Crippen LogP contribution in [-0.2, 0) is 9.53 Å². The van der Waals surface area contributed by atoms with E-state index in [0.29, 0.717) is 28.4 Å². The number of hydrogen-bond acceptors (Lipinski definition) is 6. The molecule has 0 bridgehead atoms. The molecule has 33 heavy (non-hydrogen) atoms. The summed E-state index contributed by atoms with van der Waals surface area (Å²) in [6.45, 7) is 6.18. The number of fused-ring (bicyclic) bond motifs is 1. The number of aromatic hydroxyl groups is 1. The Morgan fingerprint density at radius 1 is 0.970 bits per heavy atom. The van der Waals surface area contributed by atoms with E-state index in [2.05, 4.69) is 4.74 Å². The van der Waals surface area contributed by atoms with Gasteiger partial charge in [0.25, 0.3) is 6.47 Å². The molecule has 0 aliphatic rings. The van der Waals surface area contributed by atoms with Gasteiger partial charge >= 0.3 is 0 Å². The minimum absolute atomic E-state index is 0.120. The molecule has 1 heterocycles. The summed E-state index contributed by atoms with van der Waals surface area (Å²) in [6.07, 6.45) is 3.00. The molecule has 0 atom stereocenters. The van der Waals surface area contributed by atoms with Crippen molar-refractivity contribution < 1.29 is 24.2 Å². The maximum atomic E-state index is 13.5. The van der Waals surface area contributed by atoms with E-state index in [9.17, 15) is 14.7 Å². The van der Waals surface area contributed by atoms with E-state index in [1.54, 1.807) is 30.3 Å². The largest absolute Gasteiger partial charge is 0.508 e. The second-order valence-corrected chi connectivity index (χ2v) is 8.80. The Labute approximate surface area is 195 Å². The Hall–Kier alpha value is -3.90. The summed E-state index contributed by atoms with van der Waals surface area (Å²) in [7, 11) is 0. The summed E-state index contributed by atoms with van der Waals surface area (Å²) in [5, 5.41) is 10.7. The Bertz CT molecular complexity index is 1400. The lowest BCUT2D eigenvalue weighted by molar-refractivity contribution is -0.123. The highest BCUT2D eigenvalue weighted by molar-refractivity contribution is 7.21. The predicted octanol–water partition coefficient (Wildman–Crippen LogP) is 6.70. The van der Waals surface area contributed by atoms with Crippen molar-refractivity contribution in [1.29, 1.82) is 0 Å². The number of ketones is 1. The smallest absolute Gasteiger partial charge is 0.297 e. The van der Waals surface area contributed by atoms with Crippen LogP contribution in [0.15, 0.2) is 60.9 Å². The quantitative estimate of drug-likeness (QED) is 0.190. The van der Waals surface area contributed by atoms with E-state index >= 15 is 0 Å². The number of benzene rings is 3. The second kappa shape index (κ2) is 9.30. The molecule has 0 aliphatic carbocycles. The van der Waals surface area contributed by atoms with Crippen LogP contribution in [0.25, 0.3) is 16.2 Å². The lowest BCUT2D eigenvalue weighted by Crippen LogP contribution is -2.03. The number of carbonyl (C=O) groups is 2. The monoisotopic (exact) mass is 458 g/mol. The van der Waals surface area contributed by atoms with Crippen molar-refractivity contribution in [3.05, 3.63) is 93.6 Å². The fourth-order valence-electron chi connectivity index (χ4n) is 3.66. The molecule has 0 saturated heterocycles. The van der Waals surface area contributed by atoms with E-state index in [4.69, 9.17) is 4.74 Å². The Morgan fingerprint density at radius 2 is 1.79 bits per heavy atom. The van der Waals surface area contributed by atoms with E-state index < -0.39 is 0 Å². The summed E-state index contributed by atoms with van der Waals surface area (Å²) in [6, 6.07) is 16.2. The molecule has 4 rings (SSSR count). The van der Waals surface area contributed by atoms with Gasteiger partial charge in [-0.1, -0.05) is 29.8 Å². The molecule has 0 radical (unpaired) electrons. The normalized spacial score (nSPS) is 11.1. The molecule has 1 aromatic heterocycles. The molecule has 4 aromatic rings. The number of aryl methyl sites for hydroxylation is 3. The summed E-state index contributed by atoms with van der Waals surface area (Å²) >= 11 is 1.30. The highest BCUT2D eigenvalue weighted by atomic mass is 32.1. The number of ether oxygens (including phenoxy) is 2. The summed E-state index contributed by atoms with van der Waals surface area (Å²) in [4.78, 5) is 24.3. The van der Waals surface area contributed by atoms with Crippen LogP contribution in [0.5, 0.6) is 17.2 Å². The number of rotatable bonds is 7. The van der Waals surface area contributed by atoms with E-state index in [1.807, 2.05) is 51.1 Å². The van der Waals surface area contributed by atoms with Gasteiger partial charge in [0.15, 0.2) is 5.75 Å². The van der Waals surface area contributed by atoms with Crippen LogP contribution in [-0.4, -0.2) is 17.4 Å². The van der Waals surface area contributed by atoms with Crippen molar-refractivity contribution >= 4 is 39.8 Å². The van der Waals surface area contributed by atoms with Gasteiger partial charge in [-0.05, 0) is 73.9 Å². The third-order valence-corrected chi connectivity index (χ3v) is 6.44.